The molecule has 0 fully saturated rings. The minimum Gasteiger partial charge on any atom is -0.393 e. The van der Waals surface area contributed by atoms with Gasteiger partial charge >= 0.3 is 5.92 Å². The maximum atomic E-state index is 15.3. The van der Waals surface area contributed by atoms with E-state index in [0.29, 0.717) is 22.3 Å². The van der Waals surface area contributed by atoms with Crippen LogP contribution in [-0.4, -0.2) is 48.8 Å². The summed E-state index contributed by atoms with van der Waals surface area (Å²) < 4.78 is 31.6. The summed E-state index contributed by atoms with van der Waals surface area (Å²) in [6.07, 6.45) is 1.60. The number of pyridine rings is 1. The number of nitrogens with zero attached hydrogens (tertiary/aromatic N) is 6. The Kier molecular flexibility index (Phi) is 4.85. The van der Waals surface area contributed by atoms with Crippen molar-refractivity contribution in [3.05, 3.63) is 65.7 Å². The maximum absolute atomic E-state index is 15.3. The lowest BCUT2D eigenvalue weighted by Crippen LogP contribution is -2.21. The van der Waals surface area contributed by atoms with E-state index >= 15 is 8.78 Å². The van der Waals surface area contributed by atoms with Crippen LogP contribution in [-0.2, 0) is 10.8 Å². The summed E-state index contributed by atoms with van der Waals surface area (Å²) in [6, 6.07) is 10.7. The predicted octanol–water partition coefficient (Wildman–Crippen LogP) is 2.55. The van der Waals surface area contributed by atoms with Gasteiger partial charge in [-0.1, -0.05) is 17.3 Å². The van der Waals surface area contributed by atoms with Crippen molar-refractivity contribution in [3.63, 3.8) is 0 Å². The highest BCUT2D eigenvalue weighted by Gasteiger charge is 2.40. The van der Waals surface area contributed by atoms with Crippen LogP contribution in [0.5, 0.6) is 0 Å². The van der Waals surface area contributed by atoms with E-state index in [1.165, 1.54) is 24.3 Å². The molecule has 0 radical (unpaired) electrons. The van der Waals surface area contributed by atoms with Crippen LogP contribution in [0.2, 0.25) is 0 Å². The first-order valence-electron chi connectivity index (χ1n) is 8.74. The average Bonchev–Trinajstić information content (AvgIpc) is 3.17. The highest BCUT2D eigenvalue weighted by Crippen LogP contribution is 2.35. The van der Waals surface area contributed by atoms with Gasteiger partial charge in [0.15, 0.2) is 5.65 Å². The van der Waals surface area contributed by atoms with Crippen molar-refractivity contribution in [1.29, 1.82) is 0 Å². The zero-order valence-electron chi connectivity index (χ0n) is 15.3. The smallest absolute Gasteiger partial charge is 0.333 e. The fourth-order valence-corrected chi connectivity index (χ4v) is 2.81. The lowest BCUT2D eigenvalue weighted by molar-refractivity contribution is 0.0307. The monoisotopic (exact) mass is 398 g/mol. The summed E-state index contributed by atoms with van der Waals surface area (Å²) in [6.45, 7) is 1.45. The van der Waals surface area contributed by atoms with Crippen LogP contribution in [0.3, 0.4) is 0 Å². The zero-order chi connectivity index (χ0) is 20.4. The van der Waals surface area contributed by atoms with Gasteiger partial charge < -0.3 is 9.94 Å². The van der Waals surface area contributed by atoms with E-state index in [1.807, 2.05) is 0 Å². The first kappa shape index (κ1) is 18.8. The molecule has 0 spiro atoms. The standard InChI is InChI=1S/C19H16F2N6O2/c1-12(26-29-10-9-28)15-6-7-17-23-24-18(27(17)25-15)19(20,21)14-4-5-16-13(11-14)3-2-8-22-16/h2-8,11,28H,9-10H2,1H3/b26-12+. The normalized spacial score (nSPS) is 12.6. The van der Waals surface area contributed by atoms with E-state index in [2.05, 4.69) is 25.4 Å². The van der Waals surface area contributed by atoms with Crippen LogP contribution >= 0.6 is 0 Å². The van der Waals surface area contributed by atoms with Gasteiger partial charge in [0.2, 0.25) is 5.82 Å². The molecule has 8 nitrogen and oxygen atoms in total. The molecule has 1 N–H and O–H groups in total. The molecule has 0 amide bonds. The Balaban J connectivity index is 1.77. The first-order chi connectivity index (χ1) is 14.0. The van der Waals surface area contributed by atoms with Crippen molar-refractivity contribution < 1.29 is 18.7 Å². The molecule has 3 heterocycles. The minimum atomic E-state index is -3.44. The van der Waals surface area contributed by atoms with E-state index in [1.54, 1.807) is 31.3 Å². The molecule has 0 atom stereocenters. The Labute approximate surface area is 163 Å². The summed E-state index contributed by atoms with van der Waals surface area (Å²) >= 11 is 0. The molecule has 0 saturated heterocycles. The Hall–Kier alpha value is -3.53. The molecule has 0 aliphatic heterocycles. The summed E-state index contributed by atoms with van der Waals surface area (Å²) in [5.41, 5.74) is 1.23. The molecule has 10 heteroatoms. The molecule has 1 aromatic carbocycles. The fourth-order valence-electron chi connectivity index (χ4n) is 2.81. The van der Waals surface area contributed by atoms with Crippen molar-refractivity contribution >= 4 is 22.3 Å². The third-order valence-electron chi connectivity index (χ3n) is 4.26. The third-order valence-corrected chi connectivity index (χ3v) is 4.26. The van der Waals surface area contributed by atoms with Gasteiger partial charge in [-0.05, 0) is 37.3 Å². The molecule has 3 aromatic heterocycles. The quantitative estimate of drug-likeness (QED) is 0.305. The zero-order valence-corrected chi connectivity index (χ0v) is 15.3. The molecular weight excluding hydrogens is 382 g/mol. The van der Waals surface area contributed by atoms with Gasteiger partial charge in [-0.3, -0.25) is 4.98 Å². The van der Waals surface area contributed by atoms with Crippen molar-refractivity contribution in [2.24, 2.45) is 5.16 Å². The highest BCUT2D eigenvalue weighted by molar-refractivity contribution is 5.96. The number of hydrogen-bond acceptors (Lipinski definition) is 7. The first-order valence-corrected chi connectivity index (χ1v) is 8.74. The van der Waals surface area contributed by atoms with Crippen LogP contribution in [0, 0.1) is 0 Å². The number of rotatable bonds is 6. The van der Waals surface area contributed by atoms with Crippen LogP contribution in [0.15, 0.2) is 53.8 Å². The molecule has 29 heavy (non-hydrogen) atoms. The third kappa shape index (κ3) is 3.49. The molecule has 4 rings (SSSR count). The fraction of sp³-hybridized carbons (Fsp3) is 0.211. The molecule has 148 valence electrons. The topological polar surface area (TPSA) is 97.8 Å². The van der Waals surface area contributed by atoms with Gasteiger partial charge in [0.25, 0.3) is 0 Å². The SMILES string of the molecule is C/C(=N\OCCO)c1ccc2nnc(C(F)(F)c3ccc4ncccc4c3)n2n1. The van der Waals surface area contributed by atoms with E-state index in [9.17, 15) is 0 Å². The number of aromatic nitrogens is 5. The predicted molar refractivity (Wildman–Crippen MR) is 101 cm³/mol. The van der Waals surface area contributed by atoms with Crippen molar-refractivity contribution in [2.45, 2.75) is 12.8 Å². The number of aliphatic hydroxyl groups is 1. The van der Waals surface area contributed by atoms with E-state index in [0.717, 1.165) is 4.52 Å². The Morgan fingerprint density at radius 3 is 2.90 bits per heavy atom. The Morgan fingerprint density at radius 1 is 1.21 bits per heavy atom. The number of benzene rings is 1. The van der Waals surface area contributed by atoms with Gasteiger partial charge in [0.05, 0.1) is 12.1 Å². The van der Waals surface area contributed by atoms with Crippen molar-refractivity contribution in [3.8, 4) is 0 Å². The van der Waals surface area contributed by atoms with Crippen LogP contribution < -0.4 is 0 Å². The highest BCUT2D eigenvalue weighted by atomic mass is 19.3. The van der Waals surface area contributed by atoms with Gasteiger partial charge in [-0.25, -0.2) is 0 Å². The Morgan fingerprint density at radius 2 is 2.07 bits per heavy atom. The van der Waals surface area contributed by atoms with Gasteiger partial charge in [0.1, 0.15) is 18.0 Å². The summed E-state index contributed by atoms with van der Waals surface area (Å²) in [5, 5.41) is 24.8. The van der Waals surface area contributed by atoms with Crippen LogP contribution in [0.4, 0.5) is 8.78 Å². The maximum Gasteiger partial charge on any atom is 0.333 e. The van der Waals surface area contributed by atoms with E-state index in [4.69, 9.17) is 9.94 Å². The second-order valence-electron chi connectivity index (χ2n) is 6.23. The largest absolute Gasteiger partial charge is 0.393 e. The molecule has 0 bridgehead atoms. The minimum absolute atomic E-state index is 0.0202. The molecule has 0 saturated carbocycles. The van der Waals surface area contributed by atoms with Gasteiger partial charge in [-0.2, -0.15) is 18.4 Å². The lowest BCUT2D eigenvalue weighted by atomic mass is 10.0. The number of halogens is 2. The molecule has 0 aliphatic carbocycles. The van der Waals surface area contributed by atoms with Gasteiger partial charge in [0, 0.05) is 17.1 Å². The summed E-state index contributed by atoms with van der Waals surface area (Å²) in [5.74, 6) is -4.05. The number of oxime groups is 1. The lowest BCUT2D eigenvalue weighted by Gasteiger charge is -2.15. The average molecular weight is 398 g/mol. The van der Waals surface area contributed by atoms with Crippen LogP contribution in [0.1, 0.15) is 24.0 Å². The molecule has 0 aliphatic rings. The molecule has 0 unspecified atom stereocenters. The number of fused-ring (bicyclic) bond motifs is 2. The second kappa shape index (κ2) is 7.47. The summed E-state index contributed by atoms with van der Waals surface area (Å²) in [4.78, 5) is 9.05. The summed E-state index contributed by atoms with van der Waals surface area (Å²) in [7, 11) is 0. The number of alkyl halides is 2. The van der Waals surface area contributed by atoms with Gasteiger partial charge in [-0.15, -0.1) is 10.2 Å². The molecular formula is C19H16F2N6O2. The van der Waals surface area contributed by atoms with E-state index < -0.39 is 11.7 Å². The Bertz CT molecular complexity index is 1210. The number of aliphatic hydroxyl groups excluding tert-OH is 1. The van der Waals surface area contributed by atoms with Crippen LogP contribution in [0.25, 0.3) is 16.6 Å². The molecule has 4 aromatic rings. The van der Waals surface area contributed by atoms with Crippen molar-refractivity contribution in [2.75, 3.05) is 13.2 Å². The van der Waals surface area contributed by atoms with E-state index in [-0.39, 0.29) is 24.4 Å². The van der Waals surface area contributed by atoms with Crippen molar-refractivity contribution in [1.82, 2.24) is 24.8 Å². The second-order valence-corrected chi connectivity index (χ2v) is 6.23. The number of hydrogen-bond donors (Lipinski definition) is 1.